The van der Waals surface area contributed by atoms with Gasteiger partial charge in [0.25, 0.3) is 0 Å². The van der Waals surface area contributed by atoms with Crippen molar-refractivity contribution in [1.29, 1.82) is 0 Å². The summed E-state index contributed by atoms with van der Waals surface area (Å²) in [7, 11) is 0. The SMILES string of the molecule is Cc1c(CC(C)C)sc2cc3sc4c(-c5cc(C(C)(C)C)c6ccccc6c5)nccc4c3cc12. The van der Waals surface area contributed by atoms with E-state index in [0.29, 0.717) is 5.92 Å². The van der Waals surface area contributed by atoms with Crippen LogP contribution in [0.5, 0.6) is 0 Å². The standard InChI is InChI=1S/C32H31NS2/c1-18(2)13-27-19(3)24-16-25-23-11-12-33-30(31(23)35-29(25)17-28(24)34-27)21-14-20-9-7-8-10-22(20)26(15-21)32(4,5)6/h7-12,14-18H,13H2,1-6H3. The fourth-order valence-corrected chi connectivity index (χ4v) is 8.05. The number of pyridine rings is 1. The van der Waals surface area contributed by atoms with Gasteiger partial charge in [0.15, 0.2) is 0 Å². The number of fused-ring (bicyclic) bond motifs is 5. The van der Waals surface area contributed by atoms with Crippen molar-refractivity contribution < 1.29 is 0 Å². The van der Waals surface area contributed by atoms with Gasteiger partial charge in [-0.15, -0.1) is 22.7 Å². The Kier molecular flexibility index (Phi) is 5.28. The lowest BCUT2D eigenvalue weighted by Crippen LogP contribution is -2.12. The highest BCUT2D eigenvalue weighted by atomic mass is 32.1. The molecule has 3 aromatic carbocycles. The fraction of sp³-hybridized carbons (Fsp3) is 0.281. The van der Waals surface area contributed by atoms with Crippen LogP contribution >= 0.6 is 22.7 Å². The maximum absolute atomic E-state index is 4.94. The first-order chi connectivity index (χ1) is 16.7. The monoisotopic (exact) mass is 493 g/mol. The van der Waals surface area contributed by atoms with Crippen LogP contribution < -0.4 is 0 Å². The molecule has 0 aliphatic heterocycles. The van der Waals surface area contributed by atoms with Crippen molar-refractivity contribution in [3.8, 4) is 11.3 Å². The molecule has 0 radical (unpaired) electrons. The molecule has 0 saturated carbocycles. The third-order valence-corrected chi connectivity index (χ3v) is 9.53. The zero-order valence-corrected chi connectivity index (χ0v) is 23.0. The molecular formula is C32H31NS2. The number of benzene rings is 3. The Morgan fingerprint density at radius 3 is 2.37 bits per heavy atom. The topological polar surface area (TPSA) is 12.9 Å². The van der Waals surface area contributed by atoms with Crippen LogP contribution in [-0.2, 0) is 11.8 Å². The highest BCUT2D eigenvalue weighted by Crippen LogP contribution is 2.44. The first-order valence-corrected chi connectivity index (χ1v) is 14.1. The van der Waals surface area contributed by atoms with Crippen molar-refractivity contribution in [2.24, 2.45) is 5.92 Å². The van der Waals surface area contributed by atoms with Crippen LogP contribution in [0.2, 0.25) is 0 Å². The molecule has 1 nitrogen and oxygen atoms in total. The molecule has 0 bridgehead atoms. The van der Waals surface area contributed by atoms with Gasteiger partial charge in [-0.2, -0.15) is 0 Å². The van der Waals surface area contributed by atoms with Crippen molar-refractivity contribution in [2.75, 3.05) is 0 Å². The summed E-state index contributed by atoms with van der Waals surface area (Å²) in [5.41, 5.74) is 5.20. The highest BCUT2D eigenvalue weighted by molar-refractivity contribution is 7.27. The Morgan fingerprint density at radius 2 is 1.60 bits per heavy atom. The smallest absolute Gasteiger partial charge is 0.0880 e. The number of hydrogen-bond donors (Lipinski definition) is 0. The van der Waals surface area contributed by atoms with Crippen molar-refractivity contribution in [3.05, 3.63) is 76.8 Å². The second-order valence-electron chi connectivity index (χ2n) is 11.2. The van der Waals surface area contributed by atoms with Gasteiger partial charge in [0.2, 0.25) is 0 Å². The minimum Gasteiger partial charge on any atom is -0.255 e. The summed E-state index contributed by atoms with van der Waals surface area (Å²) in [4.78, 5) is 6.47. The lowest BCUT2D eigenvalue weighted by atomic mass is 9.82. The van der Waals surface area contributed by atoms with Crippen LogP contribution in [0.15, 0.2) is 60.8 Å². The maximum Gasteiger partial charge on any atom is 0.0880 e. The molecule has 3 heterocycles. The quantitative estimate of drug-likeness (QED) is 0.239. The fourth-order valence-electron chi connectivity index (χ4n) is 5.31. The number of thiophene rings is 2. The normalized spacial score (nSPS) is 12.7. The van der Waals surface area contributed by atoms with Gasteiger partial charge in [-0.1, -0.05) is 58.9 Å². The summed E-state index contributed by atoms with van der Waals surface area (Å²) < 4.78 is 4.05. The molecule has 0 amide bonds. The van der Waals surface area contributed by atoms with E-state index >= 15 is 0 Å². The molecule has 0 saturated heterocycles. The molecule has 6 rings (SSSR count). The third kappa shape index (κ3) is 3.77. The Labute approximate surface area is 215 Å². The van der Waals surface area contributed by atoms with Gasteiger partial charge >= 0.3 is 0 Å². The van der Waals surface area contributed by atoms with E-state index < -0.39 is 0 Å². The van der Waals surface area contributed by atoms with Gasteiger partial charge in [0.05, 0.1) is 10.4 Å². The first-order valence-electron chi connectivity index (χ1n) is 12.5. The number of hydrogen-bond acceptors (Lipinski definition) is 3. The molecule has 0 aliphatic carbocycles. The van der Waals surface area contributed by atoms with E-state index in [1.807, 2.05) is 28.9 Å². The minimum atomic E-state index is 0.0548. The molecule has 0 spiro atoms. The van der Waals surface area contributed by atoms with Gasteiger partial charge in [0.1, 0.15) is 0 Å². The highest BCUT2D eigenvalue weighted by Gasteiger charge is 2.20. The average Bonchev–Trinajstić information content (AvgIpc) is 3.32. The van der Waals surface area contributed by atoms with Crippen LogP contribution in [-0.4, -0.2) is 4.98 Å². The van der Waals surface area contributed by atoms with E-state index in [0.717, 1.165) is 12.1 Å². The number of rotatable bonds is 3. The summed E-state index contributed by atoms with van der Waals surface area (Å²) in [6.07, 6.45) is 3.15. The van der Waals surface area contributed by atoms with Gasteiger partial charge in [-0.3, -0.25) is 4.98 Å². The maximum atomic E-state index is 4.94. The molecular weight excluding hydrogens is 462 g/mol. The number of nitrogens with zero attached hydrogens (tertiary/aromatic N) is 1. The lowest BCUT2D eigenvalue weighted by molar-refractivity contribution is 0.596. The Morgan fingerprint density at radius 1 is 0.829 bits per heavy atom. The van der Waals surface area contributed by atoms with E-state index in [1.165, 1.54) is 62.6 Å². The molecule has 35 heavy (non-hydrogen) atoms. The van der Waals surface area contributed by atoms with E-state index in [-0.39, 0.29) is 5.41 Å². The Bertz CT molecular complexity index is 1740. The molecule has 3 aromatic heterocycles. The van der Waals surface area contributed by atoms with Crippen LogP contribution in [0, 0.1) is 12.8 Å². The van der Waals surface area contributed by atoms with E-state index in [4.69, 9.17) is 4.98 Å². The number of aryl methyl sites for hydroxylation is 1. The summed E-state index contributed by atoms with van der Waals surface area (Å²) in [5.74, 6) is 0.678. The van der Waals surface area contributed by atoms with Crippen molar-refractivity contribution in [1.82, 2.24) is 4.98 Å². The molecule has 0 N–H and O–H groups in total. The summed E-state index contributed by atoms with van der Waals surface area (Å²) in [6.45, 7) is 13.8. The van der Waals surface area contributed by atoms with Crippen molar-refractivity contribution in [2.45, 2.75) is 53.4 Å². The third-order valence-electron chi connectivity index (χ3n) is 7.08. The second kappa shape index (κ2) is 8.15. The van der Waals surface area contributed by atoms with Crippen LogP contribution in [0.3, 0.4) is 0 Å². The van der Waals surface area contributed by atoms with E-state index in [2.05, 4.69) is 96.1 Å². The minimum absolute atomic E-state index is 0.0548. The lowest BCUT2D eigenvalue weighted by Gasteiger charge is -2.22. The largest absolute Gasteiger partial charge is 0.255 e. The van der Waals surface area contributed by atoms with Crippen LogP contribution in [0.4, 0.5) is 0 Å². The molecule has 6 aromatic rings. The molecule has 0 atom stereocenters. The first kappa shape index (κ1) is 22.7. The van der Waals surface area contributed by atoms with Crippen molar-refractivity contribution >= 4 is 63.7 Å². The van der Waals surface area contributed by atoms with Crippen molar-refractivity contribution in [3.63, 3.8) is 0 Å². The Balaban J connectivity index is 1.60. The summed E-state index contributed by atoms with van der Waals surface area (Å²) in [5, 5.41) is 6.70. The van der Waals surface area contributed by atoms with Gasteiger partial charge < -0.3 is 0 Å². The van der Waals surface area contributed by atoms with Crippen LogP contribution in [0.1, 0.15) is 50.6 Å². The van der Waals surface area contributed by atoms with Crippen LogP contribution in [0.25, 0.3) is 52.3 Å². The molecule has 0 unspecified atom stereocenters. The Hall–Kier alpha value is -2.75. The average molecular weight is 494 g/mol. The predicted octanol–water partition coefficient (Wildman–Crippen LogP) is 10.3. The molecule has 176 valence electrons. The molecule has 0 fully saturated rings. The molecule has 0 aliphatic rings. The van der Waals surface area contributed by atoms with E-state index in [1.54, 1.807) is 0 Å². The molecule has 3 heteroatoms. The van der Waals surface area contributed by atoms with Gasteiger partial charge in [-0.25, -0.2) is 0 Å². The zero-order valence-electron chi connectivity index (χ0n) is 21.3. The van der Waals surface area contributed by atoms with Gasteiger partial charge in [-0.05, 0) is 82.3 Å². The number of aromatic nitrogens is 1. The second-order valence-corrected chi connectivity index (χ2v) is 13.4. The zero-order chi connectivity index (χ0) is 24.5. The summed E-state index contributed by atoms with van der Waals surface area (Å²) >= 11 is 3.86. The van der Waals surface area contributed by atoms with Gasteiger partial charge in [0, 0.05) is 36.8 Å². The predicted molar refractivity (Wildman–Crippen MR) is 157 cm³/mol. The van der Waals surface area contributed by atoms with E-state index in [9.17, 15) is 0 Å². The summed E-state index contributed by atoms with van der Waals surface area (Å²) in [6, 6.07) is 20.5.